The molecule has 1 aromatic heterocycles. The van der Waals surface area contributed by atoms with E-state index in [1.54, 1.807) is 42.6 Å². The van der Waals surface area contributed by atoms with Gasteiger partial charge in [-0.1, -0.05) is 53.7 Å². The maximum absolute atomic E-state index is 14.6. The lowest BCUT2D eigenvalue weighted by molar-refractivity contribution is 0.0641. The number of nitrogens with one attached hydrogen (secondary N) is 1. The van der Waals surface area contributed by atoms with Gasteiger partial charge in [0, 0.05) is 23.2 Å². The number of halogens is 1. The maximum atomic E-state index is 14.6. The van der Waals surface area contributed by atoms with E-state index in [0.29, 0.717) is 34.4 Å². The molecular formula is C37H44FN3O7SSi. The molecule has 13 heteroatoms. The third-order valence-corrected chi connectivity index (χ3v) is 16.0. The van der Waals surface area contributed by atoms with Gasteiger partial charge in [-0.25, -0.2) is 12.8 Å². The number of rotatable bonds is 13. The summed E-state index contributed by atoms with van der Waals surface area (Å²) >= 11 is 0. The fourth-order valence-electron chi connectivity index (χ4n) is 7.30. The zero-order valence-electron chi connectivity index (χ0n) is 29.9. The lowest BCUT2D eigenvalue weighted by Crippen LogP contribution is -2.51. The number of hydrogen-bond donors (Lipinski definition) is 1. The molecule has 0 aliphatic carbocycles. The summed E-state index contributed by atoms with van der Waals surface area (Å²) in [6.45, 7) is 12.5. The van der Waals surface area contributed by atoms with E-state index in [0.717, 1.165) is 16.7 Å². The van der Waals surface area contributed by atoms with Crippen LogP contribution in [-0.4, -0.2) is 58.9 Å². The van der Waals surface area contributed by atoms with Gasteiger partial charge in [0.15, 0.2) is 0 Å². The zero-order valence-corrected chi connectivity index (χ0v) is 31.7. The average Bonchev–Trinajstić information content (AvgIpc) is 3.29. The average molecular weight is 722 g/mol. The van der Waals surface area contributed by atoms with Gasteiger partial charge in [-0.3, -0.25) is 24.2 Å². The summed E-state index contributed by atoms with van der Waals surface area (Å²) in [6, 6.07) is 12.9. The number of benzene rings is 3. The predicted molar refractivity (Wildman–Crippen MR) is 195 cm³/mol. The van der Waals surface area contributed by atoms with Gasteiger partial charge in [0.2, 0.25) is 10.0 Å². The SMILES string of the molecule is COc1ccc(CN2C(=O)c3c(c(O[Si](C(C)C)(C(C)C)C(C)C)c4ncc(Cc5ccc(F)cc5)cc4c3NS(C)(=O)=O)C2=O)c(OC)c1. The molecule has 4 aromatic rings. The van der Waals surface area contributed by atoms with Gasteiger partial charge in [-0.2, -0.15) is 0 Å². The second-order valence-corrected chi connectivity index (χ2v) is 20.8. The molecule has 1 N–H and O–H groups in total. The fraction of sp³-hybridized carbons (Fsp3) is 0.378. The van der Waals surface area contributed by atoms with Crippen LogP contribution in [0.4, 0.5) is 10.1 Å². The predicted octanol–water partition coefficient (Wildman–Crippen LogP) is 7.70. The second kappa shape index (κ2) is 14.0. The highest BCUT2D eigenvalue weighted by Crippen LogP contribution is 2.49. The van der Waals surface area contributed by atoms with Crippen molar-refractivity contribution in [3.8, 4) is 17.2 Å². The van der Waals surface area contributed by atoms with Gasteiger partial charge in [-0.15, -0.1) is 0 Å². The number of ether oxygens (including phenoxy) is 2. The van der Waals surface area contributed by atoms with Gasteiger partial charge in [0.1, 0.15) is 28.6 Å². The Bertz CT molecular complexity index is 2050. The summed E-state index contributed by atoms with van der Waals surface area (Å²) in [5.74, 6) is -0.559. The van der Waals surface area contributed by atoms with Crippen LogP contribution in [0, 0.1) is 5.82 Å². The van der Waals surface area contributed by atoms with Gasteiger partial charge in [0.25, 0.3) is 20.1 Å². The molecule has 2 amide bonds. The highest BCUT2D eigenvalue weighted by atomic mass is 32.2. The maximum Gasteiger partial charge on any atom is 0.265 e. The van der Waals surface area contributed by atoms with E-state index < -0.39 is 30.2 Å². The summed E-state index contributed by atoms with van der Waals surface area (Å²) < 4.78 is 60.1. The molecule has 0 atom stereocenters. The van der Waals surface area contributed by atoms with Crippen LogP contribution < -0.4 is 18.6 Å². The lowest BCUT2D eigenvalue weighted by Gasteiger charge is -2.42. The normalized spacial score (nSPS) is 13.5. The molecule has 0 spiro atoms. The molecule has 0 saturated heterocycles. The van der Waals surface area contributed by atoms with Crippen molar-refractivity contribution in [2.45, 2.75) is 71.1 Å². The smallest absolute Gasteiger partial charge is 0.265 e. The van der Waals surface area contributed by atoms with E-state index >= 15 is 0 Å². The van der Waals surface area contributed by atoms with Crippen LogP contribution in [0.3, 0.4) is 0 Å². The van der Waals surface area contributed by atoms with Gasteiger partial charge < -0.3 is 13.9 Å². The molecule has 1 aliphatic heterocycles. The zero-order chi connectivity index (χ0) is 36.7. The Morgan fingerprint density at radius 2 is 1.48 bits per heavy atom. The standard InChI is InChI=1S/C37H44FN3O7SSi/c1-21(2)50(22(3)4,23(5)6)48-35-32-31(36(42)41(37(32)43)20-26-12-15-28(46-7)18-30(26)47-8)33(40-49(9,44)45)29-17-25(19-39-34(29)35)16-24-10-13-27(38)14-11-24/h10-15,17-19,21-23,40H,16,20H2,1-9H3. The third kappa shape index (κ3) is 6.80. The van der Waals surface area contributed by atoms with Crippen LogP contribution >= 0.6 is 0 Å². The minimum atomic E-state index is -3.96. The van der Waals surface area contributed by atoms with E-state index in [4.69, 9.17) is 18.9 Å². The summed E-state index contributed by atoms with van der Waals surface area (Å²) in [5, 5.41) is 0.313. The molecule has 0 fully saturated rings. The second-order valence-electron chi connectivity index (χ2n) is 13.7. The fourth-order valence-corrected chi connectivity index (χ4v) is 13.1. The van der Waals surface area contributed by atoms with Crippen molar-refractivity contribution >= 4 is 46.7 Å². The molecule has 5 rings (SSSR count). The molecule has 0 saturated carbocycles. The van der Waals surface area contributed by atoms with Gasteiger partial charge in [0.05, 0.1) is 43.8 Å². The summed E-state index contributed by atoms with van der Waals surface area (Å²) in [6.07, 6.45) is 2.98. The van der Waals surface area contributed by atoms with Gasteiger partial charge in [-0.05, 0) is 64.5 Å². The number of amides is 2. The number of carbonyl (C=O) groups excluding carboxylic acids is 2. The Kier molecular flexibility index (Phi) is 10.3. The number of fused-ring (bicyclic) bond motifs is 2. The van der Waals surface area contributed by atoms with Crippen LogP contribution in [0.15, 0.2) is 54.7 Å². The summed E-state index contributed by atoms with van der Waals surface area (Å²) in [7, 11) is -3.73. The van der Waals surface area contributed by atoms with E-state index in [-0.39, 0.29) is 57.1 Å². The molecule has 10 nitrogen and oxygen atoms in total. The van der Waals surface area contributed by atoms with Crippen molar-refractivity contribution < 1.29 is 36.3 Å². The van der Waals surface area contributed by atoms with E-state index in [9.17, 15) is 22.4 Å². The number of nitrogens with zero attached hydrogens (tertiary/aromatic N) is 2. The topological polar surface area (TPSA) is 124 Å². The number of aromatic nitrogens is 1. The Hall–Kier alpha value is -4.49. The van der Waals surface area contributed by atoms with Crippen LogP contribution in [-0.2, 0) is 23.0 Å². The first-order valence-corrected chi connectivity index (χ1v) is 20.5. The van der Waals surface area contributed by atoms with Crippen molar-refractivity contribution in [3.05, 3.63) is 88.4 Å². The minimum Gasteiger partial charge on any atom is -0.541 e. The minimum absolute atomic E-state index is 0.0289. The Balaban J connectivity index is 1.81. The molecular weight excluding hydrogens is 678 g/mol. The first-order valence-electron chi connectivity index (χ1n) is 16.5. The highest BCUT2D eigenvalue weighted by Gasteiger charge is 2.50. The van der Waals surface area contributed by atoms with Crippen molar-refractivity contribution in [2.75, 3.05) is 25.2 Å². The molecule has 3 aromatic carbocycles. The number of hydrogen-bond acceptors (Lipinski definition) is 8. The van der Waals surface area contributed by atoms with E-state index in [2.05, 4.69) is 46.3 Å². The first-order chi connectivity index (χ1) is 23.5. The molecule has 0 unspecified atom stereocenters. The lowest BCUT2D eigenvalue weighted by atomic mass is 9.98. The molecule has 1 aliphatic rings. The monoisotopic (exact) mass is 721 g/mol. The summed E-state index contributed by atoms with van der Waals surface area (Å²) in [4.78, 5) is 35.0. The van der Waals surface area contributed by atoms with Crippen LogP contribution in [0.2, 0.25) is 16.6 Å². The highest BCUT2D eigenvalue weighted by molar-refractivity contribution is 7.92. The molecule has 266 valence electrons. The third-order valence-electron chi connectivity index (χ3n) is 9.49. The van der Waals surface area contributed by atoms with Crippen molar-refractivity contribution in [1.29, 1.82) is 0 Å². The van der Waals surface area contributed by atoms with Crippen LogP contribution in [0.5, 0.6) is 17.2 Å². The quantitative estimate of drug-likeness (QED) is 0.110. The Labute approximate surface area is 294 Å². The number of anilines is 1. The molecule has 0 radical (unpaired) electrons. The van der Waals surface area contributed by atoms with Crippen molar-refractivity contribution in [1.82, 2.24) is 9.88 Å². The number of methoxy groups -OCH3 is 2. The molecule has 0 bridgehead atoms. The van der Waals surface area contributed by atoms with E-state index in [1.165, 1.54) is 26.4 Å². The number of pyridine rings is 1. The Morgan fingerprint density at radius 3 is 2.04 bits per heavy atom. The van der Waals surface area contributed by atoms with Crippen molar-refractivity contribution in [2.24, 2.45) is 0 Å². The van der Waals surface area contributed by atoms with Crippen LogP contribution in [0.25, 0.3) is 10.9 Å². The number of sulfonamides is 1. The Morgan fingerprint density at radius 1 is 0.860 bits per heavy atom. The van der Waals surface area contributed by atoms with E-state index in [1.807, 2.05) is 0 Å². The molecule has 2 heterocycles. The molecule has 50 heavy (non-hydrogen) atoms. The van der Waals surface area contributed by atoms with Gasteiger partial charge >= 0.3 is 0 Å². The summed E-state index contributed by atoms with van der Waals surface area (Å²) in [5.41, 5.74) is 2.43. The van der Waals surface area contributed by atoms with Crippen LogP contribution in [0.1, 0.15) is 78.9 Å². The largest absolute Gasteiger partial charge is 0.541 e. The van der Waals surface area contributed by atoms with Crippen molar-refractivity contribution in [3.63, 3.8) is 0 Å². The first kappa shape index (κ1) is 36.8. The number of carbonyl (C=O) groups is 2. The number of imide groups is 1.